The lowest BCUT2D eigenvalue weighted by Crippen LogP contribution is -2.27. The van der Waals surface area contributed by atoms with Gasteiger partial charge in [0.25, 0.3) is 5.91 Å². The van der Waals surface area contributed by atoms with Crippen LogP contribution in [0, 0.1) is 0 Å². The van der Waals surface area contributed by atoms with Crippen LogP contribution in [0.2, 0.25) is 0 Å². The summed E-state index contributed by atoms with van der Waals surface area (Å²) < 4.78 is 0. The van der Waals surface area contributed by atoms with E-state index < -0.39 is 0 Å². The Hall–Kier alpha value is -2.62. The van der Waals surface area contributed by atoms with Gasteiger partial charge in [0.2, 0.25) is 0 Å². The average Bonchev–Trinajstić information content (AvgIpc) is 3.04. The molecule has 4 rings (SSSR count). The van der Waals surface area contributed by atoms with E-state index in [9.17, 15) is 4.79 Å². The molecule has 1 aromatic carbocycles. The molecule has 0 radical (unpaired) electrons. The van der Waals surface area contributed by atoms with E-state index in [-0.39, 0.29) is 5.91 Å². The van der Waals surface area contributed by atoms with Crippen LogP contribution >= 0.6 is 0 Å². The van der Waals surface area contributed by atoms with Crippen LogP contribution in [0.3, 0.4) is 0 Å². The number of benzene rings is 1. The standard InChI is InChI=1S/C23H27N3O/c1-17-15-19-9-5-6-10-22(19)26(17)20-11-12-21(25-16-20)23(27)24-14-13-18-7-3-2-4-8-18/h5-7,9-12,16-17H,2-4,8,13-15H2,1H3,(H,24,27). The van der Waals surface area contributed by atoms with E-state index in [1.54, 1.807) is 0 Å². The minimum absolute atomic E-state index is 0.0900. The second-order valence-electron chi connectivity index (χ2n) is 7.57. The molecule has 2 aromatic rings. The van der Waals surface area contributed by atoms with E-state index in [0.29, 0.717) is 18.3 Å². The van der Waals surface area contributed by atoms with Crippen molar-refractivity contribution < 1.29 is 4.79 Å². The van der Waals surface area contributed by atoms with Crippen molar-refractivity contribution >= 4 is 17.3 Å². The van der Waals surface area contributed by atoms with Crippen molar-refractivity contribution in [3.63, 3.8) is 0 Å². The molecule has 27 heavy (non-hydrogen) atoms. The van der Waals surface area contributed by atoms with Crippen molar-refractivity contribution in [2.75, 3.05) is 11.4 Å². The first kappa shape index (κ1) is 17.8. The van der Waals surface area contributed by atoms with Gasteiger partial charge in [-0.1, -0.05) is 29.8 Å². The summed E-state index contributed by atoms with van der Waals surface area (Å²) in [5.41, 5.74) is 5.60. The van der Waals surface area contributed by atoms with Crippen molar-refractivity contribution in [3.05, 3.63) is 65.5 Å². The molecule has 4 heteroatoms. The summed E-state index contributed by atoms with van der Waals surface area (Å²) in [6, 6.07) is 12.7. The number of pyridine rings is 1. The van der Waals surface area contributed by atoms with Crippen LogP contribution in [0.1, 0.15) is 55.1 Å². The third-order valence-electron chi connectivity index (χ3n) is 5.58. The highest BCUT2D eigenvalue weighted by atomic mass is 16.1. The normalized spacial score (nSPS) is 18.8. The van der Waals surface area contributed by atoms with Gasteiger partial charge in [0.1, 0.15) is 5.69 Å². The molecule has 0 spiro atoms. The van der Waals surface area contributed by atoms with Crippen LogP contribution in [-0.2, 0) is 6.42 Å². The quantitative estimate of drug-likeness (QED) is 0.779. The van der Waals surface area contributed by atoms with E-state index >= 15 is 0 Å². The van der Waals surface area contributed by atoms with Gasteiger partial charge in [-0.15, -0.1) is 0 Å². The number of aromatic nitrogens is 1. The fourth-order valence-electron chi connectivity index (χ4n) is 4.18. The van der Waals surface area contributed by atoms with Gasteiger partial charge >= 0.3 is 0 Å². The maximum atomic E-state index is 12.4. The molecule has 1 aromatic heterocycles. The lowest BCUT2D eigenvalue weighted by Gasteiger charge is -2.24. The minimum atomic E-state index is -0.0900. The highest BCUT2D eigenvalue weighted by molar-refractivity contribution is 5.92. The molecule has 0 bridgehead atoms. The number of hydrogen-bond donors (Lipinski definition) is 1. The number of carbonyl (C=O) groups excluding carboxylic acids is 1. The number of carbonyl (C=O) groups is 1. The van der Waals surface area contributed by atoms with Crippen molar-refractivity contribution in [3.8, 4) is 0 Å². The summed E-state index contributed by atoms with van der Waals surface area (Å²) in [6.07, 6.45) is 11.1. The number of nitrogens with one attached hydrogen (secondary N) is 1. The van der Waals surface area contributed by atoms with Gasteiger partial charge in [0.05, 0.1) is 11.9 Å². The summed E-state index contributed by atoms with van der Waals surface area (Å²) in [4.78, 5) is 19.1. The summed E-state index contributed by atoms with van der Waals surface area (Å²) in [5, 5.41) is 3.00. The van der Waals surface area contributed by atoms with Crippen molar-refractivity contribution in [1.29, 1.82) is 0 Å². The molecule has 2 heterocycles. The van der Waals surface area contributed by atoms with E-state index in [2.05, 4.69) is 52.5 Å². The summed E-state index contributed by atoms with van der Waals surface area (Å²) in [7, 11) is 0. The Kier molecular flexibility index (Phi) is 5.23. The first-order chi connectivity index (χ1) is 13.2. The Bertz CT molecular complexity index is 841. The Balaban J connectivity index is 1.39. The van der Waals surface area contributed by atoms with Gasteiger partial charge in [-0.25, -0.2) is 4.98 Å². The fourth-order valence-corrected chi connectivity index (χ4v) is 4.18. The molecule has 1 amide bonds. The van der Waals surface area contributed by atoms with Crippen molar-refractivity contribution in [1.82, 2.24) is 10.3 Å². The minimum Gasteiger partial charge on any atom is -0.350 e. The van der Waals surface area contributed by atoms with E-state index in [1.807, 2.05) is 18.3 Å². The van der Waals surface area contributed by atoms with Gasteiger partial charge in [0, 0.05) is 18.3 Å². The van der Waals surface area contributed by atoms with Gasteiger partial charge in [-0.3, -0.25) is 4.79 Å². The maximum absolute atomic E-state index is 12.4. The van der Waals surface area contributed by atoms with Crippen LogP contribution < -0.4 is 10.2 Å². The molecule has 1 aliphatic heterocycles. The third kappa shape index (κ3) is 3.90. The molecule has 140 valence electrons. The van der Waals surface area contributed by atoms with E-state index in [1.165, 1.54) is 42.5 Å². The Morgan fingerprint density at radius 3 is 2.89 bits per heavy atom. The van der Waals surface area contributed by atoms with Gasteiger partial charge < -0.3 is 10.2 Å². The first-order valence-electron chi connectivity index (χ1n) is 10.0. The second-order valence-corrected chi connectivity index (χ2v) is 7.57. The average molecular weight is 361 g/mol. The lowest BCUT2D eigenvalue weighted by atomic mass is 9.97. The SMILES string of the molecule is CC1Cc2ccccc2N1c1ccc(C(=O)NCCC2=CCCCC2)nc1. The van der Waals surface area contributed by atoms with Crippen LogP contribution in [0.4, 0.5) is 11.4 Å². The number of nitrogens with zero attached hydrogens (tertiary/aromatic N) is 2. The first-order valence-corrected chi connectivity index (χ1v) is 10.0. The van der Waals surface area contributed by atoms with E-state index in [0.717, 1.165) is 18.5 Å². The molecule has 2 aliphatic rings. The van der Waals surface area contributed by atoms with E-state index in [4.69, 9.17) is 0 Å². The predicted molar refractivity (Wildman–Crippen MR) is 109 cm³/mol. The molecule has 1 aliphatic carbocycles. The Morgan fingerprint density at radius 1 is 1.22 bits per heavy atom. The largest absolute Gasteiger partial charge is 0.350 e. The lowest BCUT2D eigenvalue weighted by molar-refractivity contribution is 0.0949. The number of anilines is 2. The number of fused-ring (bicyclic) bond motifs is 1. The highest BCUT2D eigenvalue weighted by Gasteiger charge is 2.27. The maximum Gasteiger partial charge on any atom is 0.269 e. The number of hydrogen-bond acceptors (Lipinski definition) is 3. The van der Waals surface area contributed by atoms with Gasteiger partial charge in [0.15, 0.2) is 0 Å². The monoisotopic (exact) mass is 361 g/mol. The van der Waals surface area contributed by atoms with Crippen LogP contribution in [0.25, 0.3) is 0 Å². The molecule has 0 saturated carbocycles. The highest BCUT2D eigenvalue weighted by Crippen LogP contribution is 2.37. The van der Waals surface area contributed by atoms with Crippen molar-refractivity contribution in [2.45, 2.75) is 51.5 Å². The van der Waals surface area contributed by atoms with Crippen LogP contribution in [0.15, 0.2) is 54.2 Å². The third-order valence-corrected chi connectivity index (χ3v) is 5.58. The van der Waals surface area contributed by atoms with Crippen molar-refractivity contribution in [2.24, 2.45) is 0 Å². The molecule has 4 nitrogen and oxygen atoms in total. The summed E-state index contributed by atoms with van der Waals surface area (Å²) >= 11 is 0. The second kappa shape index (κ2) is 7.95. The Labute approximate surface area is 161 Å². The number of amides is 1. The zero-order valence-corrected chi connectivity index (χ0v) is 15.9. The van der Waals surface area contributed by atoms with Gasteiger partial charge in [-0.05, 0) is 69.2 Å². The van der Waals surface area contributed by atoms with Crippen LogP contribution in [-0.4, -0.2) is 23.5 Å². The molecular formula is C23H27N3O. The van der Waals surface area contributed by atoms with Gasteiger partial charge in [-0.2, -0.15) is 0 Å². The molecule has 0 fully saturated rings. The summed E-state index contributed by atoms with van der Waals surface area (Å²) in [6.45, 7) is 2.91. The number of rotatable bonds is 5. The zero-order chi connectivity index (χ0) is 18.6. The van der Waals surface area contributed by atoms with Crippen LogP contribution in [0.5, 0.6) is 0 Å². The fraction of sp³-hybridized carbons (Fsp3) is 0.391. The zero-order valence-electron chi connectivity index (χ0n) is 15.9. The molecular weight excluding hydrogens is 334 g/mol. The molecule has 0 saturated heterocycles. The topological polar surface area (TPSA) is 45.2 Å². The summed E-state index contributed by atoms with van der Waals surface area (Å²) in [5.74, 6) is -0.0900. The number of para-hydroxylation sites is 1. The predicted octanol–water partition coefficient (Wildman–Crippen LogP) is 4.78. The number of allylic oxidation sites excluding steroid dienone is 1. The molecule has 1 N–H and O–H groups in total. The smallest absolute Gasteiger partial charge is 0.269 e. The molecule has 1 atom stereocenters. The Morgan fingerprint density at radius 2 is 2.11 bits per heavy atom. The molecule has 1 unspecified atom stereocenters.